The molecule has 2 heterocycles. The zero-order chi connectivity index (χ0) is 27.7. The predicted molar refractivity (Wildman–Crippen MR) is 141 cm³/mol. The Labute approximate surface area is 223 Å². The third-order valence-corrected chi connectivity index (χ3v) is 9.53. The molecule has 0 saturated carbocycles. The molecule has 1 aromatic heterocycles. The molecule has 0 aliphatic carbocycles. The first kappa shape index (κ1) is 30.1. The van der Waals surface area contributed by atoms with E-state index in [0.29, 0.717) is 18.8 Å². The van der Waals surface area contributed by atoms with Crippen LogP contribution in [0, 0.1) is 6.92 Å². The number of carbonyl (C=O) groups excluding carboxylic acids is 1. The molecule has 3 rings (SSSR count). The minimum absolute atomic E-state index is 0.00219. The van der Waals surface area contributed by atoms with Gasteiger partial charge in [0.15, 0.2) is 0 Å². The number of aryl methyl sites for hydroxylation is 2. The number of aliphatic hydroxyl groups is 2. The number of nitrogens with one attached hydrogen (secondary N) is 2. The van der Waals surface area contributed by atoms with E-state index in [1.807, 2.05) is 6.92 Å². The number of nitrogens with zero attached hydrogens (tertiary/aromatic N) is 1. The number of benzene rings is 1. The van der Waals surface area contributed by atoms with Crippen LogP contribution in [0.4, 0.5) is 0 Å². The number of ether oxygens (including phenoxy) is 2. The second kappa shape index (κ2) is 14.1. The van der Waals surface area contributed by atoms with Gasteiger partial charge >= 0.3 is 5.69 Å². The molecule has 1 saturated heterocycles. The molecule has 0 spiro atoms. The average molecular weight is 572 g/mol. The van der Waals surface area contributed by atoms with Crippen molar-refractivity contribution in [2.75, 3.05) is 32.1 Å². The van der Waals surface area contributed by atoms with E-state index in [1.165, 1.54) is 6.20 Å². The molecule has 12 nitrogen and oxygen atoms in total. The van der Waals surface area contributed by atoms with Crippen molar-refractivity contribution in [1.82, 2.24) is 14.9 Å². The molecule has 0 unspecified atom stereocenters. The molecule has 210 valence electrons. The van der Waals surface area contributed by atoms with Crippen molar-refractivity contribution in [3.05, 3.63) is 62.4 Å². The van der Waals surface area contributed by atoms with Crippen LogP contribution in [-0.4, -0.2) is 78.4 Å². The van der Waals surface area contributed by atoms with Crippen LogP contribution in [0.2, 0.25) is 0 Å². The third kappa shape index (κ3) is 8.51. The van der Waals surface area contributed by atoms with Gasteiger partial charge in [-0.05, 0) is 42.7 Å². The minimum Gasteiger partial charge on any atom is -0.394 e. The van der Waals surface area contributed by atoms with Crippen LogP contribution in [0.5, 0.6) is 0 Å². The Morgan fingerprint density at radius 1 is 1.26 bits per heavy atom. The van der Waals surface area contributed by atoms with Crippen LogP contribution in [0.15, 0.2) is 44.9 Å². The lowest BCUT2D eigenvalue weighted by Gasteiger charge is -2.15. The molecule has 14 heteroatoms. The molecular formula is C24H33N3O9S2. The highest BCUT2D eigenvalue weighted by atomic mass is 33.1. The fourth-order valence-corrected chi connectivity index (χ4v) is 6.59. The zero-order valence-electron chi connectivity index (χ0n) is 21.0. The van der Waals surface area contributed by atoms with Crippen LogP contribution in [-0.2, 0) is 29.6 Å². The van der Waals surface area contributed by atoms with Crippen LogP contribution in [0.25, 0.3) is 0 Å². The maximum atomic E-state index is 12.3. The Hall–Kier alpha value is -2.49. The Balaban J connectivity index is 1.33. The highest BCUT2D eigenvalue weighted by molar-refractivity contribution is 8.72. The number of aliphatic hydroxyl groups excluding tert-OH is 2. The number of H-pyrrole nitrogens is 1. The number of rotatable bonds is 14. The van der Waals surface area contributed by atoms with Gasteiger partial charge in [-0.15, -0.1) is 0 Å². The van der Waals surface area contributed by atoms with Crippen molar-refractivity contribution in [3.63, 3.8) is 0 Å². The first-order chi connectivity index (χ1) is 18.1. The molecule has 38 heavy (non-hydrogen) atoms. The number of hydrogen-bond acceptors (Lipinski definition) is 10. The Kier molecular flexibility index (Phi) is 11.1. The predicted octanol–water partition coefficient (Wildman–Crippen LogP) is 0.0633. The van der Waals surface area contributed by atoms with Crippen molar-refractivity contribution in [2.24, 2.45) is 0 Å². The maximum Gasteiger partial charge on any atom is 0.330 e. The van der Waals surface area contributed by atoms with Crippen molar-refractivity contribution < 1.29 is 32.9 Å². The van der Waals surface area contributed by atoms with Gasteiger partial charge in [-0.2, -0.15) is 0 Å². The highest BCUT2D eigenvalue weighted by Crippen LogP contribution is 2.27. The molecule has 4 N–H and O–H groups in total. The molecule has 1 fully saturated rings. The number of aromatic nitrogens is 2. The summed E-state index contributed by atoms with van der Waals surface area (Å²) < 4.78 is 36.6. The first-order valence-corrected chi connectivity index (χ1v) is 15.2. The summed E-state index contributed by atoms with van der Waals surface area (Å²) in [6.45, 7) is 2.33. The van der Waals surface area contributed by atoms with Gasteiger partial charge < -0.3 is 25.0 Å². The van der Waals surface area contributed by atoms with Crippen LogP contribution in [0.3, 0.4) is 0 Å². The summed E-state index contributed by atoms with van der Waals surface area (Å²) >= 11 is 0. The maximum absolute atomic E-state index is 12.3. The van der Waals surface area contributed by atoms with Crippen LogP contribution in [0.1, 0.15) is 36.6 Å². The van der Waals surface area contributed by atoms with Crippen molar-refractivity contribution >= 4 is 25.6 Å². The van der Waals surface area contributed by atoms with Gasteiger partial charge in [0.25, 0.3) is 5.56 Å². The second-order valence-corrected chi connectivity index (χ2v) is 12.9. The second-order valence-electron chi connectivity index (χ2n) is 8.84. The molecule has 0 radical (unpaired) electrons. The topological polar surface area (TPSA) is 177 Å². The SMILES string of the molecule is Cc1ccc(S(=O)(=O)SCCCOCCNC(=O)CCc2cn([C@H]3C[C@H](O)[C@@H](CO)O3)c(=O)[nH]c2=O)cc1. The summed E-state index contributed by atoms with van der Waals surface area (Å²) in [6, 6.07) is 6.69. The summed E-state index contributed by atoms with van der Waals surface area (Å²) in [4.78, 5) is 39.0. The lowest BCUT2D eigenvalue weighted by molar-refractivity contribution is -0.121. The van der Waals surface area contributed by atoms with Gasteiger partial charge in [0, 0.05) is 43.5 Å². The largest absolute Gasteiger partial charge is 0.394 e. The fraction of sp³-hybridized carbons (Fsp3) is 0.542. The van der Waals surface area contributed by atoms with Crippen molar-refractivity contribution in [1.29, 1.82) is 0 Å². The van der Waals surface area contributed by atoms with Gasteiger partial charge in [-0.3, -0.25) is 19.1 Å². The summed E-state index contributed by atoms with van der Waals surface area (Å²) in [5.74, 6) is 0.0727. The van der Waals surface area contributed by atoms with E-state index in [-0.39, 0.29) is 48.8 Å². The van der Waals surface area contributed by atoms with E-state index in [2.05, 4.69) is 10.3 Å². The van der Waals surface area contributed by atoms with Crippen molar-refractivity contribution in [3.8, 4) is 0 Å². The van der Waals surface area contributed by atoms with Gasteiger partial charge in [0.05, 0.1) is 24.2 Å². The number of hydrogen-bond donors (Lipinski definition) is 4. The van der Waals surface area contributed by atoms with Gasteiger partial charge in [-0.25, -0.2) is 13.2 Å². The summed E-state index contributed by atoms with van der Waals surface area (Å²) in [7, 11) is -2.54. The van der Waals surface area contributed by atoms with E-state index < -0.39 is 45.2 Å². The average Bonchev–Trinajstić information content (AvgIpc) is 3.25. The van der Waals surface area contributed by atoms with E-state index in [0.717, 1.165) is 20.9 Å². The van der Waals surface area contributed by atoms with Crippen LogP contribution < -0.4 is 16.6 Å². The Morgan fingerprint density at radius 3 is 2.68 bits per heavy atom. The number of carbonyl (C=O) groups is 1. The monoisotopic (exact) mass is 571 g/mol. The summed E-state index contributed by atoms with van der Waals surface area (Å²) in [6.07, 6.45) is -0.591. The molecule has 1 aliphatic rings. The molecule has 1 aliphatic heterocycles. The highest BCUT2D eigenvalue weighted by Gasteiger charge is 2.35. The third-order valence-electron chi connectivity index (χ3n) is 5.91. The number of amides is 1. The Bertz CT molecular complexity index is 1290. The minimum atomic E-state index is -3.40. The van der Waals surface area contributed by atoms with Gasteiger partial charge in [-0.1, -0.05) is 17.7 Å². The molecule has 0 bridgehead atoms. The molecular weight excluding hydrogens is 538 g/mol. The normalized spacial score (nSPS) is 19.5. The van der Waals surface area contributed by atoms with E-state index in [9.17, 15) is 33.0 Å². The first-order valence-electron chi connectivity index (χ1n) is 12.2. The summed E-state index contributed by atoms with van der Waals surface area (Å²) in [5, 5.41) is 21.8. The van der Waals surface area contributed by atoms with Crippen LogP contribution >= 0.6 is 10.8 Å². The molecule has 1 amide bonds. The van der Waals surface area contributed by atoms with Gasteiger partial charge in [0.2, 0.25) is 14.8 Å². The van der Waals surface area contributed by atoms with E-state index in [1.54, 1.807) is 24.3 Å². The smallest absolute Gasteiger partial charge is 0.330 e. The standard InChI is InChI=1S/C24H33N3O9S2/c1-16-3-6-18(7-4-16)38(33,34)37-12-2-10-35-11-9-25-21(30)8-5-17-14-27(24(32)26-23(17)31)22-13-19(29)20(15-28)36-22/h3-4,6-7,14,19-20,22,28-29H,2,5,8-13,15H2,1H3,(H,25,30)(H,26,31,32)/t19-,20+,22+/m0/s1. The lowest BCUT2D eigenvalue weighted by atomic mass is 10.1. The van der Waals surface area contributed by atoms with Gasteiger partial charge in [0.1, 0.15) is 12.3 Å². The molecule has 1 aromatic carbocycles. The lowest BCUT2D eigenvalue weighted by Crippen LogP contribution is -2.35. The summed E-state index contributed by atoms with van der Waals surface area (Å²) in [5.41, 5.74) is -0.119. The van der Waals surface area contributed by atoms with E-state index >= 15 is 0 Å². The fourth-order valence-electron chi connectivity index (χ4n) is 3.77. The van der Waals surface area contributed by atoms with Crippen molar-refractivity contribution in [2.45, 2.75) is 55.9 Å². The quantitative estimate of drug-likeness (QED) is 0.179. The van der Waals surface area contributed by atoms with E-state index in [4.69, 9.17) is 9.47 Å². The molecule has 2 aromatic rings. The Morgan fingerprint density at radius 2 is 2.00 bits per heavy atom. The zero-order valence-corrected chi connectivity index (χ0v) is 22.6. The number of aromatic amines is 1. The molecule has 3 atom stereocenters.